The van der Waals surface area contributed by atoms with Gasteiger partial charge in [-0.1, -0.05) is 48.5 Å². The summed E-state index contributed by atoms with van der Waals surface area (Å²) in [6.45, 7) is 0.893. The maximum absolute atomic E-state index is 12.0. The van der Waals surface area contributed by atoms with E-state index in [0.29, 0.717) is 25.4 Å². The van der Waals surface area contributed by atoms with Gasteiger partial charge in [0.05, 0.1) is 13.7 Å². The Balaban J connectivity index is 1.66. The second kappa shape index (κ2) is 11.1. The monoisotopic (exact) mass is 371 g/mol. The second-order valence-electron chi connectivity index (χ2n) is 6.06. The summed E-state index contributed by atoms with van der Waals surface area (Å²) in [5.74, 6) is -0.697. The molecule has 2 rings (SSSR count). The number of esters is 2. The highest BCUT2D eigenvalue weighted by atomic mass is 16.6. The molecule has 0 radical (unpaired) electrons. The second-order valence-corrected chi connectivity index (χ2v) is 6.06. The molecular weight excluding hydrogens is 346 g/mol. The number of carbonyl (C=O) groups is 2. The topological polar surface area (TPSA) is 87.9 Å². The molecule has 0 aliphatic rings. The summed E-state index contributed by atoms with van der Waals surface area (Å²) < 4.78 is 15.5. The highest BCUT2D eigenvalue weighted by Crippen LogP contribution is 2.18. The summed E-state index contributed by atoms with van der Waals surface area (Å²) in [7, 11) is 1.55. The van der Waals surface area contributed by atoms with Crippen LogP contribution in [0.1, 0.15) is 24.0 Å². The van der Waals surface area contributed by atoms with Gasteiger partial charge in [-0.25, -0.2) is 4.79 Å². The molecule has 0 amide bonds. The Morgan fingerprint density at radius 1 is 1.04 bits per heavy atom. The van der Waals surface area contributed by atoms with Crippen molar-refractivity contribution in [3.63, 3.8) is 0 Å². The van der Waals surface area contributed by atoms with Gasteiger partial charge in [0.2, 0.25) is 0 Å². The molecule has 0 spiro atoms. The molecule has 0 bridgehead atoms. The summed E-state index contributed by atoms with van der Waals surface area (Å²) in [5.41, 5.74) is 7.71. The molecule has 2 N–H and O–H groups in total. The van der Waals surface area contributed by atoms with E-state index in [0.717, 1.165) is 11.1 Å². The summed E-state index contributed by atoms with van der Waals surface area (Å²) in [6.07, 6.45) is 0.804. The smallest absolute Gasteiger partial charge is 0.330 e. The molecule has 144 valence electrons. The number of methoxy groups -OCH3 is 1. The molecule has 0 heterocycles. The van der Waals surface area contributed by atoms with Crippen LogP contribution in [0.15, 0.2) is 54.6 Å². The van der Waals surface area contributed by atoms with Crippen LogP contribution in [0.25, 0.3) is 0 Å². The van der Waals surface area contributed by atoms with Gasteiger partial charge in [-0.05, 0) is 23.6 Å². The van der Waals surface area contributed by atoms with E-state index in [2.05, 4.69) is 0 Å². The van der Waals surface area contributed by atoms with E-state index in [4.69, 9.17) is 19.9 Å². The van der Waals surface area contributed by atoms with Crippen molar-refractivity contribution in [2.75, 3.05) is 13.7 Å². The number of nitrogens with two attached hydrogens (primary N) is 1. The van der Waals surface area contributed by atoms with Gasteiger partial charge in [-0.3, -0.25) is 4.79 Å². The quantitative estimate of drug-likeness (QED) is 0.392. The van der Waals surface area contributed by atoms with Gasteiger partial charge < -0.3 is 19.9 Å². The Hall–Kier alpha value is -2.70. The molecule has 0 aliphatic heterocycles. The van der Waals surface area contributed by atoms with Crippen LogP contribution in [0.5, 0.6) is 5.75 Å². The average molecular weight is 371 g/mol. The van der Waals surface area contributed by atoms with Crippen molar-refractivity contribution in [1.29, 1.82) is 0 Å². The molecular formula is C21H25NO5. The van der Waals surface area contributed by atoms with Crippen LogP contribution in [-0.2, 0) is 32.1 Å². The lowest BCUT2D eigenvalue weighted by Crippen LogP contribution is -2.35. The normalized spacial score (nSPS) is 11.6. The van der Waals surface area contributed by atoms with Crippen LogP contribution in [0, 0.1) is 0 Å². The number of ether oxygens (including phenoxy) is 3. The SMILES string of the molecule is COc1ccccc1C[C@H](N)C(=O)OC(=O)CCCOCc1ccccc1. The van der Waals surface area contributed by atoms with E-state index >= 15 is 0 Å². The third-order valence-corrected chi connectivity index (χ3v) is 3.93. The minimum absolute atomic E-state index is 0.0991. The van der Waals surface area contributed by atoms with Gasteiger partial charge in [0.25, 0.3) is 0 Å². The zero-order valence-electron chi connectivity index (χ0n) is 15.4. The zero-order chi connectivity index (χ0) is 19.5. The number of para-hydroxylation sites is 1. The van der Waals surface area contributed by atoms with Crippen LogP contribution in [0.2, 0.25) is 0 Å². The molecule has 1 atom stereocenters. The molecule has 0 saturated carbocycles. The Morgan fingerprint density at radius 3 is 2.48 bits per heavy atom. The fourth-order valence-electron chi connectivity index (χ4n) is 2.51. The highest BCUT2D eigenvalue weighted by Gasteiger charge is 2.20. The average Bonchev–Trinajstić information content (AvgIpc) is 2.68. The van der Waals surface area contributed by atoms with Crippen LogP contribution in [0.4, 0.5) is 0 Å². The van der Waals surface area contributed by atoms with E-state index in [1.165, 1.54) is 0 Å². The van der Waals surface area contributed by atoms with Gasteiger partial charge >= 0.3 is 11.9 Å². The molecule has 0 aliphatic carbocycles. The zero-order valence-corrected chi connectivity index (χ0v) is 15.4. The van der Waals surface area contributed by atoms with Crippen molar-refractivity contribution in [1.82, 2.24) is 0 Å². The van der Waals surface area contributed by atoms with E-state index in [1.807, 2.05) is 48.5 Å². The van der Waals surface area contributed by atoms with E-state index in [1.54, 1.807) is 13.2 Å². The van der Waals surface area contributed by atoms with Crippen molar-refractivity contribution >= 4 is 11.9 Å². The van der Waals surface area contributed by atoms with Crippen molar-refractivity contribution in [3.05, 3.63) is 65.7 Å². The fourth-order valence-corrected chi connectivity index (χ4v) is 2.51. The maximum atomic E-state index is 12.0. The van der Waals surface area contributed by atoms with E-state index in [-0.39, 0.29) is 12.8 Å². The predicted octanol–water partition coefficient (Wildman–Crippen LogP) is 2.63. The molecule has 6 heteroatoms. The lowest BCUT2D eigenvalue weighted by atomic mass is 10.1. The van der Waals surface area contributed by atoms with Crippen molar-refractivity contribution in [3.8, 4) is 5.75 Å². The maximum Gasteiger partial charge on any atom is 0.330 e. The Kier molecular flexibility index (Phi) is 8.48. The summed E-state index contributed by atoms with van der Waals surface area (Å²) in [6, 6.07) is 16.1. The highest BCUT2D eigenvalue weighted by molar-refractivity contribution is 5.88. The first-order valence-corrected chi connectivity index (χ1v) is 8.84. The number of hydrogen-bond donors (Lipinski definition) is 1. The van der Waals surface area contributed by atoms with Crippen molar-refractivity contribution in [2.24, 2.45) is 5.73 Å². The molecule has 27 heavy (non-hydrogen) atoms. The summed E-state index contributed by atoms with van der Waals surface area (Å²) in [5, 5.41) is 0. The predicted molar refractivity (Wildman–Crippen MR) is 101 cm³/mol. The Bertz CT molecular complexity index is 732. The molecule has 6 nitrogen and oxygen atoms in total. The summed E-state index contributed by atoms with van der Waals surface area (Å²) in [4.78, 5) is 23.8. The lowest BCUT2D eigenvalue weighted by molar-refractivity contribution is -0.160. The first-order chi connectivity index (χ1) is 13.1. The third-order valence-electron chi connectivity index (χ3n) is 3.93. The minimum Gasteiger partial charge on any atom is -0.496 e. The van der Waals surface area contributed by atoms with Crippen molar-refractivity contribution in [2.45, 2.75) is 31.9 Å². The largest absolute Gasteiger partial charge is 0.496 e. The number of hydrogen-bond acceptors (Lipinski definition) is 6. The Labute approximate surface area is 159 Å². The summed E-state index contributed by atoms with van der Waals surface area (Å²) >= 11 is 0. The van der Waals surface area contributed by atoms with Gasteiger partial charge in [0.15, 0.2) is 0 Å². The molecule has 2 aromatic rings. The minimum atomic E-state index is -0.931. The Morgan fingerprint density at radius 2 is 1.74 bits per heavy atom. The lowest BCUT2D eigenvalue weighted by Gasteiger charge is -2.13. The molecule has 2 aromatic carbocycles. The van der Waals surface area contributed by atoms with Crippen LogP contribution in [0.3, 0.4) is 0 Å². The number of benzene rings is 2. The van der Waals surface area contributed by atoms with Crippen LogP contribution in [-0.4, -0.2) is 31.7 Å². The van der Waals surface area contributed by atoms with E-state index in [9.17, 15) is 9.59 Å². The molecule has 0 aromatic heterocycles. The molecule has 0 unspecified atom stereocenters. The van der Waals surface area contributed by atoms with Crippen LogP contribution >= 0.6 is 0 Å². The number of carbonyl (C=O) groups excluding carboxylic acids is 2. The van der Waals surface area contributed by atoms with Crippen LogP contribution < -0.4 is 10.5 Å². The standard InChI is InChI=1S/C21H25NO5/c1-25-19-11-6-5-10-17(19)14-18(22)21(24)27-20(23)12-7-13-26-15-16-8-3-2-4-9-16/h2-6,8-11,18H,7,12-15,22H2,1H3/t18-/m0/s1. The van der Waals surface area contributed by atoms with Crippen molar-refractivity contribution < 1.29 is 23.8 Å². The molecule has 0 fully saturated rings. The van der Waals surface area contributed by atoms with Gasteiger partial charge in [0, 0.05) is 19.4 Å². The van der Waals surface area contributed by atoms with E-state index < -0.39 is 18.0 Å². The number of rotatable bonds is 10. The first kappa shape index (κ1) is 20.6. The fraction of sp³-hybridized carbons (Fsp3) is 0.333. The third kappa shape index (κ3) is 7.21. The van der Waals surface area contributed by atoms with Gasteiger partial charge in [-0.2, -0.15) is 0 Å². The first-order valence-electron chi connectivity index (χ1n) is 8.84. The van der Waals surface area contributed by atoms with Gasteiger partial charge in [0.1, 0.15) is 11.8 Å². The van der Waals surface area contributed by atoms with Gasteiger partial charge in [-0.15, -0.1) is 0 Å². The molecule has 0 saturated heterocycles.